The summed E-state index contributed by atoms with van der Waals surface area (Å²) in [6.07, 6.45) is 0. The van der Waals surface area contributed by atoms with E-state index in [-0.39, 0.29) is 23.6 Å². The zero-order valence-corrected chi connectivity index (χ0v) is 20.5. The number of aryl methyl sites for hydroxylation is 1. The zero-order chi connectivity index (χ0) is 22.3. The molecule has 1 fully saturated rings. The van der Waals surface area contributed by atoms with Crippen molar-refractivity contribution in [2.24, 2.45) is 7.05 Å². The molecule has 0 bridgehead atoms. The maximum absolute atomic E-state index is 12.5. The highest BCUT2D eigenvalue weighted by atomic mass is 28.3. The second kappa shape index (κ2) is 8.11. The van der Waals surface area contributed by atoms with Gasteiger partial charge in [-0.15, -0.1) is 5.10 Å². The molecule has 7 nitrogen and oxygen atoms in total. The smallest absolute Gasteiger partial charge is 0.399 e. The van der Waals surface area contributed by atoms with E-state index in [0.29, 0.717) is 12.4 Å². The van der Waals surface area contributed by atoms with E-state index in [4.69, 9.17) is 14.0 Å². The van der Waals surface area contributed by atoms with Crippen molar-refractivity contribution >= 4 is 20.7 Å². The van der Waals surface area contributed by atoms with Gasteiger partial charge in [-0.25, -0.2) is 9.48 Å². The molecule has 1 saturated heterocycles. The van der Waals surface area contributed by atoms with Crippen LogP contribution in [0.1, 0.15) is 27.7 Å². The SMILES string of the molecule is Cn1nc(-c2ccc(B3OC(C)(C)C(C)(C)O3)cc2)n(COCC[Si](C)(C)C)c1=O. The lowest BCUT2D eigenvalue weighted by Crippen LogP contribution is -2.41. The van der Waals surface area contributed by atoms with Gasteiger partial charge in [0, 0.05) is 27.3 Å². The molecule has 0 saturated carbocycles. The molecule has 1 aliphatic rings. The van der Waals surface area contributed by atoms with Crippen LogP contribution in [0.4, 0.5) is 0 Å². The van der Waals surface area contributed by atoms with Crippen molar-refractivity contribution in [3.8, 4) is 11.4 Å². The number of hydrogen-bond acceptors (Lipinski definition) is 5. The van der Waals surface area contributed by atoms with E-state index < -0.39 is 15.2 Å². The minimum absolute atomic E-state index is 0.187. The molecular formula is C21H34BN3O4Si. The third kappa shape index (κ3) is 4.80. The van der Waals surface area contributed by atoms with E-state index in [1.807, 2.05) is 52.0 Å². The van der Waals surface area contributed by atoms with Crippen molar-refractivity contribution in [2.75, 3.05) is 6.61 Å². The maximum atomic E-state index is 12.5. The van der Waals surface area contributed by atoms with Crippen LogP contribution in [0.25, 0.3) is 11.4 Å². The third-order valence-electron chi connectivity index (χ3n) is 5.92. The number of aromatic nitrogens is 3. The van der Waals surface area contributed by atoms with Crippen molar-refractivity contribution in [1.82, 2.24) is 14.3 Å². The molecule has 30 heavy (non-hydrogen) atoms. The van der Waals surface area contributed by atoms with Crippen LogP contribution in [0.2, 0.25) is 25.7 Å². The van der Waals surface area contributed by atoms with Crippen LogP contribution in [0.15, 0.2) is 29.1 Å². The van der Waals surface area contributed by atoms with Crippen LogP contribution < -0.4 is 11.2 Å². The Labute approximate surface area is 180 Å². The van der Waals surface area contributed by atoms with Crippen molar-refractivity contribution < 1.29 is 14.0 Å². The minimum atomic E-state index is -1.18. The fourth-order valence-electron chi connectivity index (χ4n) is 3.14. The molecule has 1 aromatic carbocycles. The van der Waals surface area contributed by atoms with Gasteiger partial charge < -0.3 is 14.0 Å². The highest BCUT2D eigenvalue weighted by molar-refractivity contribution is 6.76. The molecule has 164 valence electrons. The normalized spacial score (nSPS) is 18.2. The van der Waals surface area contributed by atoms with Crippen LogP contribution in [0, 0.1) is 0 Å². The van der Waals surface area contributed by atoms with E-state index in [2.05, 4.69) is 24.7 Å². The predicted molar refractivity (Wildman–Crippen MR) is 123 cm³/mol. The summed E-state index contributed by atoms with van der Waals surface area (Å²) in [6.45, 7) is 15.9. The van der Waals surface area contributed by atoms with Gasteiger partial charge in [0.15, 0.2) is 5.82 Å². The van der Waals surface area contributed by atoms with Gasteiger partial charge in [0.2, 0.25) is 0 Å². The van der Waals surface area contributed by atoms with Gasteiger partial charge >= 0.3 is 12.8 Å². The lowest BCUT2D eigenvalue weighted by Gasteiger charge is -2.32. The first kappa shape index (κ1) is 23.0. The first-order valence-corrected chi connectivity index (χ1v) is 14.2. The molecular weight excluding hydrogens is 397 g/mol. The number of hydrogen-bond donors (Lipinski definition) is 0. The summed E-state index contributed by atoms with van der Waals surface area (Å²) in [7, 11) is 0.0608. The summed E-state index contributed by atoms with van der Waals surface area (Å²) >= 11 is 0. The first-order chi connectivity index (χ1) is 13.8. The molecule has 1 aromatic heterocycles. The second-order valence-corrected chi connectivity index (χ2v) is 15.8. The topological polar surface area (TPSA) is 67.5 Å². The Morgan fingerprint density at radius 2 is 1.63 bits per heavy atom. The van der Waals surface area contributed by atoms with Gasteiger partial charge in [0.25, 0.3) is 0 Å². The molecule has 0 aliphatic carbocycles. The van der Waals surface area contributed by atoms with Crippen molar-refractivity contribution in [2.45, 2.75) is 71.3 Å². The van der Waals surface area contributed by atoms with Crippen LogP contribution >= 0.6 is 0 Å². The summed E-state index contributed by atoms with van der Waals surface area (Å²) in [5.41, 5.74) is 0.833. The molecule has 0 amide bonds. The molecule has 2 aromatic rings. The largest absolute Gasteiger partial charge is 0.494 e. The van der Waals surface area contributed by atoms with Gasteiger partial charge in [-0.1, -0.05) is 43.9 Å². The molecule has 0 N–H and O–H groups in total. The van der Waals surface area contributed by atoms with Gasteiger partial charge in [0.05, 0.1) is 11.2 Å². The van der Waals surface area contributed by atoms with E-state index in [0.717, 1.165) is 17.1 Å². The number of rotatable bonds is 7. The first-order valence-electron chi connectivity index (χ1n) is 10.5. The Kier molecular flexibility index (Phi) is 6.21. The summed E-state index contributed by atoms with van der Waals surface area (Å²) in [6, 6.07) is 8.88. The molecule has 3 rings (SSSR count). The van der Waals surface area contributed by atoms with E-state index in [9.17, 15) is 4.79 Å². The lowest BCUT2D eigenvalue weighted by atomic mass is 9.79. The van der Waals surface area contributed by atoms with Gasteiger partial charge in [-0.3, -0.25) is 4.57 Å². The zero-order valence-electron chi connectivity index (χ0n) is 19.5. The van der Waals surface area contributed by atoms with Gasteiger partial charge in [0.1, 0.15) is 6.73 Å². The van der Waals surface area contributed by atoms with E-state index >= 15 is 0 Å². The number of ether oxygens (including phenoxy) is 1. The fourth-order valence-corrected chi connectivity index (χ4v) is 3.89. The highest BCUT2D eigenvalue weighted by Gasteiger charge is 2.51. The summed E-state index contributed by atoms with van der Waals surface area (Å²) in [4.78, 5) is 12.5. The summed E-state index contributed by atoms with van der Waals surface area (Å²) in [5.74, 6) is 0.593. The Hall–Kier alpha value is -1.68. The second-order valence-electron chi connectivity index (χ2n) is 10.2. The molecule has 0 unspecified atom stereocenters. The van der Waals surface area contributed by atoms with Crippen molar-refractivity contribution in [1.29, 1.82) is 0 Å². The quantitative estimate of drug-likeness (QED) is 0.498. The lowest BCUT2D eigenvalue weighted by molar-refractivity contribution is 0.00578. The van der Waals surface area contributed by atoms with Gasteiger partial charge in [-0.05, 0) is 39.2 Å². The summed E-state index contributed by atoms with van der Waals surface area (Å²) in [5, 5.41) is 4.41. The Balaban J connectivity index is 1.77. The minimum Gasteiger partial charge on any atom is -0.399 e. The molecule has 1 aliphatic heterocycles. The van der Waals surface area contributed by atoms with Crippen LogP contribution in [-0.2, 0) is 27.8 Å². The van der Waals surface area contributed by atoms with Gasteiger partial charge in [-0.2, -0.15) is 0 Å². The fraction of sp³-hybridized carbons (Fsp3) is 0.619. The third-order valence-corrected chi connectivity index (χ3v) is 7.62. The Bertz CT molecular complexity index is 929. The molecule has 9 heteroatoms. The standard InChI is InChI=1S/C21H34BN3O4Si/c1-20(2)21(3,4)29-22(28-20)17-11-9-16(10-12-17)18-23-24(5)19(26)25(18)15-27-13-14-30(6,7)8/h9-12H,13-15H2,1-8H3. The predicted octanol–water partition coefficient (Wildman–Crippen LogP) is 2.86. The van der Waals surface area contributed by atoms with E-state index in [1.165, 1.54) is 4.68 Å². The monoisotopic (exact) mass is 431 g/mol. The molecule has 0 atom stereocenters. The molecule has 2 heterocycles. The van der Waals surface area contributed by atoms with Crippen LogP contribution in [0.5, 0.6) is 0 Å². The van der Waals surface area contributed by atoms with Crippen molar-refractivity contribution in [3.63, 3.8) is 0 Å². The summed E-state index contributed by atoms with van der Waals surface area (Å²) < 4.78 is 21.0. The number of benzene rings is 1. The Morgan fingerprint density at radius 1 is 1.07 bits per heavy atom. The average Bonchev–Trinajstić information content (AvgIpc) is 3.03. The number of nitrogens with zero attached hydrogens (tertiary/aromatic N) is 3. The average molecular weight is 431 g/mol. The molecule has 0 spiro atoms. The van der Waals surface area contributed by atoms with E-state index in [1.54, 1.807) is 11.6 Å². The van der Waals surface area contributed by atoms with Crippen LogP contribution in [-0.4, -0.2) is 47.3 Å². The Morgan fingerprint density at radius 3 is 2.17 bits per heavy atom. The highest BCUT2D eigenvalue weighted by Crippen LogP contribution is 2.36. The molecule has 0 radical (unpaired) electrons. The van der Waals surface area contributed by atoms with Crippen molar-refractivity contribution in [3.05, 3.63) is 34.7 Å². The van der Waals surface area contributed by atoms with Crippen LogP contribution in [0.3, 0.4) is 0 Å². The maximum Gasteiger partial charge on any atom is 0.494 e.